The Morgan fingerprint density at radius 3 is 2.52 bits per heavy atom. The number of alkyl halides is 3. The number of nitrogens with one attached hydrogen (secondary N) is 1. The van der Waals surface area contributed by atoms with Crippen molar-refractivity contribution in [3.05, 3.63) is 48.3 Å². The first-order valence-electron chi connectivity index (χ1n) is 8.93. The van der Waals surface area contributed by atoms with Crippen LogP contribution >= 0.6 is 0 Å². The first-order chi connectivity index (χ1) is 14.7. The number of aromatic nitrogens is 2. The lowest BCUT2D eigenvalue weighted by atomic mass is 10.2. The Hall–Kier alpha value is -3.76. The molecule has 0 aliphatic carbocycles. The molecule has 0 saturated heterocycles. The van der Waals surface area contributed by atoms with E-state index in [9.17, 15) is 22.8 Å². The molecule has 3 aromatic rings. The zero-order valence-corrected chi connectivity index (χ0v) is 16.5. The topological polar surface area (TPSA) is 91.7 Å². The maximum atomic E-state index is 13.3. The molecule has 0 aliphatic rings. The van der Waals surface area contributed by atoms with E-state index in [2.05, 4.69) is 10.3 Å². The van der Waals surface area contributed by atoms with E-state index in [0.29, 0.717) is 21.8 Å². The second kappa shape index (κ2) is 8.94. The summed E-state index contributed by atoms with van der Waals surface area (Å²) in [5.41, 5.74) is 0.524. The molecule has 0 fully saturated rings. The Labute approximate surface area is 174 Å². The van der Waals surface area contributed by atoms with Gasteiger partial charge in [0.1, 0.15) is 18.0 Å². The molecule has 0 aliphatic heterocycles. The number of benzene rings is 2. The Morgan fingerprint density at radius 1 is 1.10 bits per heavy atom. The molecule has 0 atom stereocenters. The van der Waals surface area contributed by atoms with Crippen LogP contribution in [-0.4, -0.2) is 42.3 Å². The molecular weight excluding hydrogens is 419 g/mol. The predicted octanol–water partition coefficient (Wildman–Crippen LogP) is 3.25. The average molecular weight is 437 g/mol. The van der Waals surface area contributed by atoms with Gasteiger partial charge in [-0.1, -0.05) is 12.1 Å². The van der Waals surface area contributed by atoms with Crippen LogP contribution in [0.5, 0.6) is 11.5 Å². The number of hydrogen-bond acceptors (Lipinski definition) is 6. The number of ether oxygens (including phenoxy) is 3. The number of imidazole rings is 1. The Kier molecular flexibility index (Phi) is 6.33. The van der Waals surface area contributed by atoms with Gasteiger partial charge in [0, 0.05) is 6.07 Å². The number of carbonyl (C=O) groups excluding carboxylic acids is 2. The molecule has 11 heteroatoms. The minimum absolute atomic E-state index is 0.0898. The molecule has 2 aromatic carbocycles. The van der Waals surface area contributed by atoms with Crippen LogP contribution in [0.15, 0.2) is 42.5 Å². The van der Waals surface area contributed by atoms with Gasteiger partial charge in [-0.05, 0) is 24.3 Å². The third-order valence-corrected chi connectivity index (χ3v) is 4.24. The number of para-hydroxylation sites is 2. The van der Waals surface area contributed by atoms with Gasteiger partial charge >= 0.3 is 12.1 Å². The van der Waals surface area contributed by atoms with Crippen LogP contribution in [0.2, 0.25) is 0 Å². The summed E-state index contributed by atoms with van der Waals surface area (Å²) in [5.74, 6) is -2.11. The molecule has 31 heavy (non-hydrogen) atoms. The fourth-order valence-electron chi connectivity index (χ4n) is 2.86. The number of esters is 1. The van der Waals surface area contributed by atoms with Crippen molar-refractivity contribution in [3.63, 3.8) is 0 Å². The van der Waals surface area contributed by atoms with Gasteiger partial charge in [0.2, 0.25) is 5.82 Å². The van der Waals surface area contributed by atoms with E-state index in [4.69, 9.17) is 14.2 Å². The first-order valence-corrected chi connectivity index (χ1v) is 8.93. The van der Waals surface area contributed by atoms with Gasteiger partial charge in [-0.3, -0.25) is 9.59 Å². The largest absolute Gasteiger partial charge is 0.497 e. The monoisotopic (exact) mass is 437 g/mol. The molecule has 0 bridgehead atoms. The number of methoxy groups -OCH3 is 2. The van der Waals surface area contributed by atoms with Crippen molar-refractivity contribution in [2.45, 2.75) is 12.7 Å². The third-order valence-electron chi connectivity index (χ3n) is 4.24. The van der Waals surface area contributed by atoms with Crippen LogP contribution in [0.3, 0.4) is 0 Å². The molecular formula is C20H18F3N3O5. The van der Waals surface area contributed by atoms with Crippen LogP contribution in [0.1, 0.15) is 5.82 Å². The van der Waals surface area contributed by atoms with Crippen molar-refractivity contribution in [1.82, 2.24) is 9.55 Å². The summed E-state index contributed by atoms with van der Waals surface area (Å²) in [5, 5.41) is 2.50. The number of anilines is 1. The number of rotatable bonds is 7. The number of fused-ring (bicyclic) bond motifs is 1. The maximum absolute atomic E-state index is 13.3. The first kappa shape index (κ1) is 21.9. The van der Waals surface area contributed by atoms with Crippen molar-refractivity contribution in [1.29, 1.82) is 0 Å². The summed E-state index contributed by atoms with van der Waals surface area (Å²) in [7, 11) is 2.87. The van der Waals surface area contributed by atoms with Gasteiger partial charge in [0.05, 0.1) is 30.9 Å². The van der Waals surface area contributed by atoms with Crippen LogP contribution in [0.25, 0.3) is 11.0 Å². The molecule has 0 spiro atoms. The zero-order valence-electron chi connectivity index (χ0n) is 16.5. The van der Waals surface area contributed by atoms with E-state index in [-0.39, 0.29) is 11.0 Å². The summed E-state index contributed by atoms with van der Waals surface area (Å²) in [6.07, 6.45) is -4.76. The third kappa shape index (κ3) is 5.05. The van der Waals surface area contributed by atoms with E-state index in [0.717, 1.165) is 0 Å². The molecule has 1 amide bonds. The number of halogens is 3. The van der Waals surface area contributed by atoms with Crippen molar-refractivity contribution < 1.29 is 37.0 Å². The van der Waals surface area contributed by atoms with E-state index in [1.54, 1.807) is 12.1 Å². The Morgan fingerprint density at radius 2 is 1.84 bits per heavy atom. The summed E-state index contributed by atoms with van der Waals surface area (Å²) in [6.45, 7) is -1.45. The molecule has 164 valence electrons. The molecule has 1 N–H and O–H groups in total. The molecule has 1 heterocycles. The average Bonchev–Trinajstić information content (AvgIpc) is 3.11. The van der Waals surface area contributed by atoms with Gasteiger partial charge in [-0.25, -0.2) is 4.98 Å². The highest BCUT2D eigenvalue weighted by atomic mass is 19.4. The number of nitrogens with zero attached hydrogens (tertiary/aromatic N) is 2. The van der Waals surface area contributed by atoms with Crippen LogP contribution in [0, 0.1) is 0 Å². The van der Waals surface area contributed by atoms with Crippen molar-refractivity contribution in [3.8, 4) is 11.5 Å². The second-order valence-corrected chi connectivity index (χ2v) is 6.28. The standard InChI is InChI=1S/C20H18F3N3O5/c1-29-12-7-8-14(16(9-12)30-2)24-17(27)11-31-18(28)10-26-15-6-4-3-5-13(15)25-19(26)20(21,22)23/h3-9H,10-11H2,1-2H3,(H,24,27). The smallest absolute Gasteiger partial charge is 0.449 e. The van der Waals surface area contributed by atoms with Gasteiger partial charge in [-0.2, -0.15) is 13.2 Å². The van der Waals surface area contributed by atoms with E-state index in [1.807, 2.05) is 0 Å². The minimum Gasteiger partial charge on any atom is -0.497 e. The lowest BCUT2D eigenvalue weighted by Crippen LogP contribution is -2.25. The van der Waals surface area contributed by atoms with Crippen molar-refractivity contribution in [2.24, 2.45) is 0 Å². The SMILES string of the molecule is COc1ccc(NC(=O)COC(=O)Cn2c(C(F)(F)F)nc3ccccc32)c(OC)c1. The quantitative estimate of drug-likeness (QED) is 0.571. The summed E-state index contributed by atoms with van der Waals surface area (Å²) >= 11 is 0. The highest BCUT2D eigenvalue weighted by Gasteiger charge is 2.38. The normalized spacial score (nSPS) is 11.3. The van der Waals surface area contributed by atoms with E-state index < -0.39 is 37.0 Å². The summed E-state index contributed by atoms with van der Waals surface area (Å²) in [4.78, 5) is 27.8. The molecule has 0 saturated carbocycles. The highest BCUT2D eigenvalue weighted by Crippen LogP contribution is 2.31. The molecule has 8 nitrogen and oxygen atoms in total. The summed E-state index contributed by atoms with van der Waals surface area (Å²) < 4.78 is 55.7. The maximum Gasteiger partial charge on any atom is 0.449 e. The second-order valence-electron chi connectivity index (χ2n) is 6.28. The molecule has 0 radical (unpaired) electrons. The highest BCUT2D eigenvalue weighted by molar-refractivity contribution is 5.94. The van der Waals surface area contributed by atoms with Crippen LogP contribution < -0.4 is 14.8 Å². The predicted molar refractivity (Wildman–Crippen MR) is 104 cm³/mol. The molecule has 1 aromatic heterocycles. The summed E-state index contributed by atoms with van der Waals surface area (Å²) in [6, 6.07) is 10.6. The van der Waals surface area contributed by atoms with Crippen molar-refractivity contribution in [2.75, 3.05) is 26.1 Å². The van der Waals surface area contributed by atoms with Gasteiger partial charge in [0.25, 0.3) is 5.91 Å². The molecule has 3 rings (SSSR count). The molecule has 0 unspecified atom stereocenters. The van der Waals surface area contributed by atoms with Crippen LogP contribution in [0.4, 0.5) is 18.9 Å². The zero-order chi connectivity index (χ0) is 22.6. The van der Waals surface area contributed by atoms with Crippen LogP contribution in [-0.2, 0) is 27.0 Å². The lowest BCUT2D eigenvalue weighted by molar-refractivity contribution is -0.152. The number of carbonyl (C=O) groups is 2. The fourth-order valence-corrected chi connectivity index (χ4v) is 2.86. The fraction of sp³-hybridized carbons (Fsp3) is 0.250. The van der Waals surface area contributed by atoms with E-state index >= 15 is 0 Å². The Balaban J connectivity index is 1.67. The number of hydrogen-bond donors (Lipinski definition) is 1. The number of amides is 1. The minimum atomic E-state index is -4.76. The van der Waals surface area contributed by atoms with E-state index in [1.165, 1.54) is 44.6 Å². The Bertz CT molecular complexity index is 1110. The van der Waals surface area contributed by atoms with Gasteiger partial charge < -0.3 is 24.1 Å². The van der Waals surface area contributed by atoms with Gasteiger partial charge in [0.15, 0.2) is 6.61 Å². The lowest BCUT2D eigenvalue weighted by Gasteiger charge is -2.13. The van der Waals surface area contributed by atoms with Crippen molar-refractivity contribution >= 4 is 28.6 Å². The van der Waals surface area contributed by atoms with Gasteiger partial charge in [-0.15, -0.1) is 0 Å².